The van der Waals surface area contributed by atoms with Crippen LogP contribution in [0.4, 0.5) is 0 Å². The summed E-state index contributed by atoms with van der Waals surface area (Å²) in [5.41, 5.74) is 6.55. The summed E-state index contributed by atoms with van der Waals surface area (Å²) in [6.45, 7) is 2.37. The Morgan fingerprint density at radius 2 is 2.42 bits per heavy atom. The lowest BCUT2D eigenvalue weighted by molar-refractivity contribution is 0.694. The third kappa shape index (κ3) is 3.30. The number of nitrogens with zero attached hydrogens (tertiary/aromatic N) is 1. The highest BCUT2D eigenvalue weighted by atomic mass is 79.9. The predicted molar refractivity (Wildman–Crippen MR) is 52.7 cm³/mol. The zero-order valence-corrected chi connectivity index (χ0v) is 8.34. The van der Waals surface area contributed by atoms with Crippen LogP contribution in [0.1, 0.15) is 5.56 Å². The van der Waals surface area contributed by atoms with E-state index in [1.807, 2.05) is 12.1 Å². The molecule has 4 heteroatoms. The van der Waals surface area contributed by atoms with Gasteiger partial charge in [0.25, 0.3) is 0 Å². The maximum atomic E-state index is 5.34. The minimum Gasteiger partial charge on any atom is -0.329 e. The Labute approximate surface area is 80.5 Å². The summed E-state index contributed by atoms with van der Waals surface area (Å²) in [5, 5.41) is 3.20. The Balaban J connectivity index is 2.41. The second kappa shape index (κ2) is 5.24. The SMILES string of the molecule is NCCNCc1ccnc(Br)c1. The van der Waals surface area contributed by atoms with E-state index >= 15 is 0 Å². The third-order valence-corrected chi connectivity index (χ3v) is 1.87. The molecule has 0 atom stereocenters. The minimum atomic E-state index is 0.673. The Morgan fingerprint density at radius 1 is 1.58 bits per heavy atom. The summed E-state index contributed by atoms with van der Waals surface area (Å²) in [5.74, 6) is 0. The molecular weight excluding hydrogens is 218 g/mol. The minimum absolute atomic E-state index is 0.673. The van der Waals surface area contributed by atoms with E-state index in [1.54, 1.807) is 6.20 Å². The number of halogens is 1. The molecule has 0 bridgehead atoms. The Kier molecular flexibility index (Phi) is 4.21. The van der Waals surface area contributed by atoms with E-state index in [0.717, 1.165) is 17.7 Å². The average Bonchev–Trinajstić information content (AvgIpc) is 2.05. The number of hydrogen-bond donors (Lipinski definition) is 2. The maximum Gasteiger partial charge on any atom is 0.106 e. The van der Waals surface area contributed by atoms with Crippen molar-refractivity contribution in [1.29, 1.82) is 0 Å². The van der Waals surface area contributed by atoms with Crippen molar-refractivity contribution in [1.82, 2.24) is 10.3 Å². The number of pyridine rings is 1. The normalized spacial score (nSPS) is 10.2. The van der Waals surface area contributed by atoms with Gasteiger partial charge >= 0.3 is 0 Å². The van der Waals surface area contributed by atoms with Gasteiger partial charge in [0, 0.05) is 25.8 Å². The highest BCUT2D eigenvalue weighted by Gasteiger charge is 1.92. The van der Waals surface area contributed by atoms with Gasteiger partial charge in [0.15, 0.2) is 0 Å². The molecule has 1 heterocycles. The molecule has 1 rings (SSSR count). The van der Waals surface area contributed by atoms with Gasteiger partial charge in [0.1, 0.15) is 4.60 Å². The number of aromatic nitrogens is 1. The van der Waals surface area contributed by atoms with Crippen molar-refractivity contribution in [3.8, 4) is 0 Å². The molecule has 12 heavy (non-hydrogen) atoms. The first-order valence-electron chi connectivity index (χ1n) is 3.84. The molecule has 0 aliphatic rings. The van der Waals surface area contributed by atoms with Crippen molar-refractivity contribution < 1.29 is 0 Å². The van der Waals surface area contributed by atoms with E-state index in [9.17, 15) is 0 Å². The van der Waals surface area contributed by atoms with E-state index in [-0.39, 0.29) is 0 Å². The lowest BCUT2D eigenvalue weighted by Crippen LogP contribution is -2.21. The van der Waals surface area contributed by atoms with Gasteiger partial charge in [-0.3, -0.25) is 0 Å². The molecule has 1 aromatic rings. The van der Waals surface area contributed by atoms with Crippen molar-refractivity contribution in [2.24, 2.45) is 5.73 Å². The molecule has 3 N–H and O–H groups in total. The van der Waals surface area contributed by atoms with E-state index in [4.69, 9.17) is 5.73 Å². The first kappa shape index (κ1) is 9.64. The molecule has 0 aliphatic carbocycles. The average molecular weight is 230 g/mol. The molecule has 3 nitrogen and oxygen atoms in total. The molecule has 0 saturated heterocycles. The largest absolute Gasteiger partial charge is 0.329 e. The predicted octanol–water partition coefficient (Wildman–Crippen LogP) is 0.892. The van der Waals surface area contributed by atoms with Crippen molar-refractivity contribution in [3.63, 3.8) is 0 Å². The smallest absolute Gasteiger partial charge is 0.106 e. The highest BCUT2D eigenvalue weighted by Crippen LogP contribution is 2.07. The zero-order valence-electron chi connectivity index (χ0n) is 6.76. The van der Waals surface area contributed by atoms with Crippen LogP contribution >= 0.6 is 15.9 Å². The Morgan fingerprint density at radius 3 is 3.08 bits per heavy atom. The fraction of sp³-hybridized carbons (Fsp3) is 0.375. The van der Waals surface area contributed by atoms with E-state index in [0.29, 0.717) is 6.54 Å². The van der Waals surface area contributed by atoms with E-state index in [2.05, 4.69) is 26.2 Å². The van der Waals surface area contributed by atoms with Crippen LogP contribution in [-0.2, 0) is 6.54 Å². The Bertz CT molecular complexity index is 239. The molecule has 0 spiro atoms. The summed E-state index contributed by atoms with van der Waals surface area (Å²) in [7, 11) is 0. The second-order valence-corrected chi connectivity index (χ2v) is 3.26. The Hall–Kier alpha value is -0.450. The van der Waals surface area contributed by atoms with Crippen LogP contribution in [0.25, 0.3) is 0 Å². The van der Waals surface area contributed by atoms with Gasteiger partial charge in [-0.25, -0.2) is 4.98 Å². The monoisotopic (exact) mass is 229 g/mol. The van der Waals surface area contributed by atoms with E-state index in [1.165, 1.54) is 5.56 Å². The van der Waals surface area contributed by atoms with Gasteiger partial charge in [0.05, 0.1) is 0 Å². The summed E-state index contributed by atoms with van der Waals surface area (Å²) in [4.78, 5) is 4.03. The van der Waals surface area contributed by atoms with Gasteiger partial charge in [-0.05, 0) is 33.6 Å². The van der Waals surface area contributed by atoms with Crippen LogP contribution in [0, 0.1) is 0 Å². The van der Waals surface area contributed by atoms with Gasteiger partial charge < -0.3 is 11.1 Å². The number of nitrogens with two attached hydrogens (primary N) is 1. The summed E-state index contributed by atoms with van der Waals surface area (Å²) in [6, 6.07) is 3.97. The number of hydrogen-bond acceptors (Lipinski definition) is 3. The molecule has 1 aromatic heterocycles. The zero-order chi connectivity index (χ0) is 8.81. The molecule has 0 aromatic carbocycles. The summed E-state index contributed by atoms with van der Waals surface area (Å²) >= 11 is 3.31. The lowest BCUT2D eigenvalue weighted by atomic mass is 10.3. The summed E-state index contributed by atoms with van der Waals surface area (Å²) in [6.07, 6.45) is 1.78. The maximum absolute atomic E-state index is 5.34. The molecule has 0 aliphatic heterocycles. The topological polar surface area (TPSA) is 50.9 Å². The molecule has 0 amide bonds. The van der Waals surface area contributed by atoms with Crippen LogP contribution < -0.4 is 11.1 Å². The van der Waals surface area contributed by atoms with Gasteiger partial charge in [0.2, 0.25) is 0 Å². The third-order valence-electron chi connectivity index (χ3n) is 1.44. The van der Waals surface area contributed by atoms with Crippen LogP contribution in [0.3, 0.4) is 0 Å². The summed E-state index contributed by atoms with van der Waals surface area (Å²) < 4.78 is 0.870. The molecule has 66 valence electrons. The van der Waals surface area contributed by atoms with Crippen LogP contribution in [0.2, 0.25) is 0 Å². The van der Waals surface area contributed by atoms with Crippen molar-refractivity contribution >= 4 is 15.9 Å². The molecule has 0 radical (unpaired) electrons. The van der Waals surface area contributed by atoms with Gasteiger partial charge in [-0.1, -0.05) is 0 Å². The fourth-order valence-corrected chi connectivity index (χ4v) is 1.30. The van der Waals surface area contributed by atoms with Crippen molar-refractivity contribution in [3.05, 3.63) is 28.5 Å². The molecule has 0 unspecified atom stereocenters. The first-order valence-corrected chi connectivity index (χ1v) is 4.63. The second-order valence-electron chi connectivity index (χ2n) is 2.45. The van der Waals surface area contributed by atoms with Crippen molar-refractivity contribution in [2.75, 3.05) is 13.1 Å². The van der Waals surface area contributed by atoms with Crippen LogP contribution in [-0.4, -0.2) is 18.1 Å². The fourth-order valence-electron chi connectivity index (χ4n) is 0.887. The van der Waals surface area contributed by atoms with Gasteiger partial charge in [-0.15, -0.1) is 0 Å². The lowest BCUT2D eigenvalue weighted by Gasteiger charge is -2.02. The first-order chi connectivity index (χ1) is 5.83. The molecule has 0 fully saturated rings. The number of rotatable bonds is 4. The van der Waals surface area contributed by atoms with E-state index < -0.39 is 0 Å². The molecular formula is C8H12BrN3. The highest BCUT2D eigenvalue weighted by molar-refractivity contribution is 9.10. The van der Waals surface area contributed by atoms with Crippen LogP contribution in [0.15, 0.2) is 22.9 Å². The molecule has 0 saturated carbocycles. The standard InChI is InChI=1S/C8H12BrN3/c9-8-5-7(1-3-12-8)6-11-4-2-10/h1,3,5,11H,2,4,6,10H2. The van der Waals surface area contributed by atoms with Gasteiger partial charge in [-0.2, -0.15) is 0 Å². The quantitative estimate of drug-likeness (QED) is 0.596. The number of nitrogens with one attached hydrogen (secondary N) is 1. The van der Waals surface area contributed by atoms with Crippen molar-refractivity contribution in [2.45, 2.75) is 6.54 Å². The van der Waals surface area contributed by atoms with Crippen LogP contribution in [0.5, 0.6) is 0 Å².